The lowest BCUT2D eigenvalue weighted by Gasteiger charge is -2.08. The summed E-state index contributed by atoms with van der Waals surface area (Å²) in [6.45, 7) is 0.827. The first kappa shape index (κ1) is 9.96. The van der Waals surface area contributed by atoms with Crippen molar-refractivity contribution in [3.8, 4) is 5.75 Å². The third-order valence-corrected chi connectivity index (χ3v) is 2.33. The van der Waals surface area contributed by atoms with E-state index in [0.717, 1.165) is 25.2 Å². The van der Waals surface area contributed by atoms with Crippen LogP contribution in [0.4, 0.5) is 10.1 Å². The zero-order valence-electron chi connectivity index (χ0n) is 8.59. The number of benzene rings is 1. The Morgan fingerprint density at radius 1 is 1.47 bits per heavy atom. The summed E-state index contributed by atoms with van der Waals surface area (Å²) in [6.07, 6.45) is 1.92. The summed E-state index contributed by atoms with van der Waals surface area (Å²) < 4.78 is 18.4. The highest BCUT2D eigenvalue weighted by atomic mass is 19.1. The summed E-state index contributed by atoms with van der Waals surface area (Å²) in [6, 6.07) is 4.61. The van der Waals surface area contributed by atoms with Crippen molar-refractivity contribution in [2.24, 2.45) is 4.99 Å². The van der Waals surface area contributed by atoms with Gasteiger partial charge in [0, 0.05) is 19.0 Å². The second-order valence-electron chi connectivity index (χ2n) is 3.40. The molecule has 0 atom stereocenters. The molecule has 2 rings (SSSR count). The maximum atomic E-state index is 13.4. The van der Waals surface area contributed by atoms with Gasteiger partial charge < -0.3 is 10.1 Å². The zero-order chi connectivity index (χ0) is 10.7. The molecule has 0 aromatic heterocycles. The minimum absolute atomic E-state index is 0.287. The Labute approximate surface area is 88.0 Å². The standard InChI is InChI=1S/C11H13FN2O/c1-15-8-4-5-9(12)10(7-8)14-11-3-2-6-13-11/h4-5,7H,2-3,6H2,1H3,(H,13,14). The fourth-order valence-electron chi connectivity index (χ4n) is 1.52. The van der Waals surface area contributed by atoms with Gasteiger partial charge in [0.15, 0.2) is 0 Å². The van der Waals surface area contributed by atoms with Crippen molar-refractivity contribution >= 4 is 11.5 Å². The highest BCUT2D eigenvalue weighted by molar-refractivity contribution is 5.96. The molecular weight excluding hydrogens is 195 g/mol. The highest BCUT2D eigenvalue weighted by Crippen LogP contribution is 2.22. The maximum absolute atomic E-state index is 13.4. The number of anilines is 1. The van der Waals surface area contributed by atoms with E-state index in [-0.39, 0.29) is 5.82 Å². The van der Waals surface area contributed by atoms with Crippen LogP contribution in [0.1, 0.15) is 12.8 Å². The molecular formula is C11H13FN2O. The summed E-state index contributed by atoms with van der Waals surface area (Å²) >= 11 is 0. The van der Waals surface area contributed by atoms with E-state index in [0.29, 0.717) is 11.4 Å². The summed E-state index contributed by atoms with van der Waals surface area (Å²) in [7, 11) is 1.56. The van der Waals surface area contributed by atoms with Crippen molar-refractivity contribution in [3.05, 3.63) is 24.0 Å². The third kappa shape index (κ3) is 2.26. The minimum atomic E-state index is -0.287. The number of aliphatic imine (C=N–C) groups is 1. The topological polar surface area (TPSA) is 33.6 Å². The summed E-state index contributed by atoms with van der Waals surface area (Å²) in [5.41, 5.74) is 0.426. The third-order valence-electron chi connectivity index (χ3n) is 2.33. The predicted molar refractivity (Wildman–Crippen MR) is 58.1 cm³/mol. The van der Waals surface area contributed by atoms with Crippen LogP contribution in [-0.4, -0.2) is 19.5 Å². The number of halogens is 1. The Bertz CT molecular complexity index is 390. The molecule has 0 unspecified atom stereocenters. The minimum Gasteiger partial charge on any atom is -0.497 e. The zero-order valence-corrected chi connectivity index (χ0v) is 8.59. The van der Waals surface area contributed by atoms with Crippen LogP contribution in [0.15, 0.2) is 23.2 Å². The largest absolute Gasteiger partial charge is 0.497 e. The first-order valence-electron chi connectivity index (χ1n) is 4.93. The van der Waals surface area contributed by atoms with Crippen molar-refractivity contribution < 1.29 is 9.13 Å². The molecule has 4 heteroatoms. The first-order valence-corrected chi connectivity index (χ1v) is 4.93. The Morgan fingerprint density at radius 3 is 3.00 bits per heavy atom. The monoisotopic (exact) mass is 208 g/mol. The van der Waals surface area contributed by atoms with Gasteiger partial charge in [-0.25, -0.2) is 4.39 Å². The molecule has 1 N–H and O–H groups in total. The van der Waals surface area contributed by atoms with Gasteiger partial charge in [-0.2, -0.15) is 0 Å². The van der Waals surface area contributed by atoms with Crippen LogP contribution in [0, 0.1) is 5.82 Å². The molecule has 0 spiro atoms. The molecule has 1 aliphatic heterocycles. The van der Waals surface area contributed by atoms with Gasteiger partial charge in [-0.1, -0.05) is 0 Å². The van der Waals surface area contributed by atoms with Gasteiger partial charge in [0.2, 0.25) is 0 Å². The van der Waals surface area contributed by atoms with Crippen molar-refractivity contribution in [3.63, 3.8) is 0 Å². The predicted octanol–water partition coefficient (Wildman–Crippen LogP) is 2.44. The molecule has 1 aromatic rings. The molecule has 15 heavy (non-hydrogen) atoms. The van der Waals surface area contributed by atoms with E-state index in [1.165, 1.54) is 6.07 Å². The molecule has 0 saturated carbocycles. The van der Waals surface area contributed by atoms with Gasteiger partial charge in [0.1, 0.15) is 17.4 Å². The second-order valence-corrected chi connectivity index (χ2v) is 3.40. The molecule has 1 aliphatic rings. The van der Waals surface area contributed by atoms with Crippen LogP contribution in [0.2, 0.25) is 0 Å². The number of rotatable bonds is 2. The fourth-order valence-corrected chi connectivity index (χ4v) is 1.52. The molecule has 1 aromatic carbocycles. The van der Waals surface area contributed by atoms with Crippen molar-refractivity contribution in [2.45, 2.75) is 12.8 Å². The van der Waals surface area contributed by atoms with Crippen LogP contribution in [0.5, 0.6) is 5.75 Å². The average Bonchev–Trinajstić information content (AvgIpc) is 2.74. The van der Waals surface area contributed by atoms with E-state index in [4.69, 9.17) is 4.74 Å². The van der Waals surface area contributed by atoms with E-state index >= 15 is 0 Å². The van der Waals surface area contributed by atoms with Gasteiger partial charge in [-0.3, -0.25) is 4.99 Å². The van der Waals surface area contributed by atoms with Crippen LogP contribution < -0.4 is 10.1 Å². The van der Waals surface area contributed by atoms with E-state index in [1.54, 1.807) is 19.2 Å². The van der Waals surface area contributed by atoms with Crippen molar-refractivity contribution in [1.29, 1.82) is 0 Å². The number of hydrogen-bond donors (Lipinski definition) is 1. The van der Waals surface area contributed by atoms with Crippen LogP contribution in [0.25, 0.3) is 0 Å². The molecule has 1 heterocycles. The number of nitrogens with zero attached hydrogens (tertiary/aromatic N) is 1. The van der Waals surface area contributed by atoms with E-state index in [2.05, 4.69) is 10.3 Å². The molecule has 0 saturated heterocycles. The van der Waals surface area contributed by atoms with Gasteiger partial charge in [-0.05, 0) is 18.6 Å². The molecule has 3 nitrogen and oxygen atoms in total. The number of amidine groups is 1. The molecule has 0 aliphatic carbocycles. The number of methoxy groups -OCH3 is 1. The highest BCUT2D eigenvalue weighted by Gasteiger charge is 2.09. The number of hydrogen-bond acceptors (Lipinski definition) is 3. The van der Waals surface area contributed by atoms with Gasteiger partial charge in [0.05, 0.1) is 12.8 Å². The van der Waals surface area contributed by atoms with Crippen molar-refractivity contribution in [2.75, 3.05) is 19.0 Å². The molecule has 0 radical (unpaired) electrons. The Balaban J connectivity index is 2.18. The van der Waals surface area contributed by atoms with Crippen LogP contribution in [0.3, 0.4) is 0 Å². The van der Waals surface area contributed by atoms with E-state index in [1.807, 2.05) is 0 Å². The summed E-state index contributed by atoms with van der Waals surface area (Å²) in [5.74, 6) is 1.20. The van der Waals surface area contributed by atoms with Crippen LogP contribution >= 0.6 is 0 Å². The summed E-state index contributed by atoms with van der Waals surface area (Å²) in [5, 5.41) is 2.98. The average molecular weight is 208 g/mol. The molecule has 80 valence electrons. The SMILES string of the molecule is COc1ccc(F)c(NC2=NCCC2)c1. The molecule has 0 amide bonds. The van der Waals surface area contributed by atoms with Gasteiger partial charge in [0.25, 0.3) is 0 Å². The van der Waals surface area contributed by atoms with Crippen molar-refractivity contribution in [1.82, 2.24) is 0 Å². The lowest BCUT2D eigenvalue weighted by atomic mass is 10.2. The quantitative estimate of drug-likeness (QED) is 0.809. The normalized spacial score (nSPS) is 14.9. The Morgan fingerprint density at radius 2 is 2.33 bits per heavy atom. The van der Waals surface area contributed by atoms with Crippen LogP contribution in [-0.2, 0) is 0 Å². The maximum Gasteiger partial charge on any atom is 0.146 e. The molecule has 0 bridgehead atoms. The van der Waals surface area contributed by atoms with E-state index in [9.17, 15) is 4.39 Å². The van der Waals surface area contributed by atoms with Gasteiger partial charge >= 0.3 is 0 Å². The second kappa shape index (κ2) is 4.29. The first-order chi connectivity index (χ1) is 7.29. The Hall–Kier alpha value is -1.58. The fraction of sp³-hybridized carbons (Fsp3) is 0.364. The summed E-state index contributed by atoms with van der Waals surface area (Å²) in [4.78, 5) is 4.23. The molecule has 0 fully saturated rings. The van der Waals surface area contributed by atoms with E-state index < -0.39 is 0 Å². The smallest absolute Gasteiger partial charge is 0.146 e. The van der Waals surface area contributed by atoms with Gasteiger partial charge in [-0.15, -0.1) is 0 Å². The number of ether oxygens (including phenoxy) is 1. The number of nitrogens with one attached hydrogen (secondary N) is 1. The lowest BCUT2D eigenvalue weighted by molar-refractivity contribution is 0.414. The Kier molecular flexibility index (Phi) is 2.85. The lowest BCUT2D eigenvalue weighted by Crippen LogP contribution is -2.09.